The lowest BCUT2D eigenvalue weighted by molar-refractivity contribution is 0.100. The Kier molecular flexibility index (Phi) is 2.41. The van der Waals surface area contributed by atoms with Crippen LogP contribution in [-0.2, 0) is 6.54 Å². The van der Waals surface area contributed by atoms with E-state index in [-0.39, 0.29) is 0 Å². The van der Waals surface area contributed by atoms with Crippen LogP contribution in [0.2, 0.25) is 0 Å². The molecule has 0 spiro atoms. The number of hydrogen-bond acceptors (Lipinski definition) is 3. The summed E-state index contributed by atoms with van der Waals surface area (Å²) in [5.41, 5.74) is 7.59. The normalized spacial score (nSPS) is 12.4. The molecule has 2 aromatic carbocycles. The molecule has 3 rings (SSSR count). The highest BCUT2D eigenvalue weighted by Crippen LogP contribution is 2.35. The second kappa shape index (κ2) is 4.07. The number of carbonyl (C=O) groups is 1. The molecule has 1 aliphatic rings. The summed E-state index contributed by atoms with van der Waals surface area (Å²) >= 11 is 0. The van der Waals surface area contributed by atoms with Gasteiger partial charge in [-0.15, -0.1) is 0 Å². The molecule has 0 saturated carbocycles. The van der Waals surface area contributed by atoms with Crippen LogP contribution in [0.3, 0.4) is 0 Å². The fourth-order valence-electron chi connectivity index (χ4n) is 1.97. The van der Waals surface area contributed by atoms with Gasteiger partial charge in [0, 0.05) is 17.7 Å². The lowest BCUT2D eigenvalue weighted by atomic mass is 10.1. The van der Waals surface area contributed by atoms with Crippen molar-refractivity contribution < 1.29 is 9.53 Å². The zero-order chi connectivity index (χ0) is 12.5. The van der Waals surface area contributed by atoms with E-state index in [0.717, 1.165) is 17.0 Å². The summed E-state index contributed by atoms with van der Waals surface area (Å²) < 4.78 is 5.82. The van der Waals surface area contributed by atoms with Gasteiger partial charge >= 0.3 is 0 Å². The van der Waals surface area contributed by atoms with Gasteiger partial charge in [-0.3, -0.25) is 4.79 Å². The van der Waals surface area contributed by atoms with Crippen LogP contribution in [0.4, 0.5) is 5.69 Å². The van der Waals surface area contributed by atoms with Crippen molar-refractivity contribution in [2.75, 3.05) is 5.32 Å². The Morgan fingerprint density at radius 2 is 2.00 bits per heavy atom. The van der Waals surface area contributed by atoms with E-state index in [1.807, 2.05) is 24.3 Å². The smallest absolute Gasteiger partial charge is 0.248 e. The predicted molar refractivity (Wildman–Crippen MR) is 68.8 cm³/mol. The molecule has 18 heavy (non-hydrogen) atoms. The summed E-state index contributed by atoms with van der Waals surface area (Å²) in [5, 5.41) is 3.24. The minimum absolute atomic E-state index is 0.443. The average Bonchev–Trinajstić information content (AvgIpc) is 2.56. The van der Waals surface area contributed by atoms with Crippen molar-refractivity contribution in [3.63, 3.8) is 0 Å². The van der Waals surface area contributed by atoms with E-state index in [2.05, 4.69) is 5.32 Å². The molecule has 1 aliphatic heterocycles. The Morgan fingerprint density at radius 1 is 1.17 bits per heavy atom. The third kappa shape index (κ3) is 1.78. The van der Waals surface area contributed by atoms with Gasteiger partial charge in [-0.2, -0.15) is 0 Å². The molecule has 0 fully saturated rings. The summed E-state index contributed by atoms with van der Waals surface area (Å²) in [7, 11) is 0. The zero-order valence-corrected chi connectivity index (χ0v) is 9.64. The first-order valence-corrected chi connectivity index (χ1v) is 5.67. The second-order valence-corrected chi connectivity index (χ2v) is 4.14. The molecule has 90 valence electrons. The topological polar surface area (TPSA) is 64.4 Å². The van der Waals surface area contributed by atoms with Crippen LogP contribution >= 0.6 is 0 Å². The minimum Gasteiger partial charge on any atom is -0.455 e. The van der Waals surface area contributed by atoms with Crippen LogP contribution in [0.5, 0.6) is 11.5 Å². The first-order valence-electron chi connectivity index (χ1n) is 5.67. The summed E-state index contributed by atoms with van der Waals surface area (Å²) in [6.45, 7) is 0.658. The number of rotatable bonds is 1. The summed E-state index contributed by atoms with van der Waals surface area (Å²) in [6.07, 6.45) is 0. The van der Waals surface area contributed by atoms with Crippen LogP contribution in [0, 0.1) is 0 Å². The number of nitrogens with two attached hydrogens (primary N) is 1. The third-order valence-corrected chi connectivity index (χ3v) is 2.93. The van der Waals surface area contributed by atoms with Crippen LogP contribution in [-0.4, -0.2) is 5.91 Å². The molecule has 0 saturated heterocycles. The summed E-state index contributed by atoms with van der Waals surface area (Å²) in [5.74, 6) is 1.09. The molecular formula is C14H12N2O2. The number of primary amides is 1. The predicted octanol–water partition coefficient (Wildman–Crippen LogP) is 2.50. The monoisotopic (exact) mass is 240 g/mol. The van der Waals surface area contributed by atoms with E-state index < -0.39 is 5.91 Å². The van der Waals surface area contributed by atoms with Crippen LogP contribution in [0.15, 0.2) is 42.5 Å². The highest BCUT2D eigenvalue weighted by Gasteiger charge is 2.14. The van der Waals surface area contributed by atoms with Gasteiger partial charge in [-0.05, 0) is 24.3 Å². The summed E-state index contributed by atoms with van der Waals surface area (Å²) in [6, 6.07) is 13.0. The number of anilines is 1. The standard InChI is InChI=1S/C14H12N2O2/c15-14(17)9-5-6-13-11(7-9)16-8-10-3-1-2-4-12(10)18-13/h1-7,16H,8H2,(H2,15,17). The molecule has 1 amide bonds. The van der Waals surface area contributed by atoms with Gasteiger partial charge in [0.1, 0.15) is 5.75 Å². The van der Waals surface area contributed by atoms with E-state index in [1.54, 1.807) is 18.2 Å². The van der Waals surface area contributed by atoms with Gasteiger partial charge < -0.3 is 15.8 Å². The van der Waals surface area contributed by atoms with Crippen molar-refractivity contribution in [2.24, 2.45) is 5.73 Å². The number of nitrogens with one attached hydrogen (secondary N) is 1. The van der Waals surface area contributed by atoms with Gasteiger partial charge in [-0.1, -0.05) is 18.2 Å². The Labute approximate surface area is 104 Å². The molecule has 2 aromatic rings. The Bertz CT molecular complexity index is 623. The number of fused-ring (bicyclic) bond motifs is 2. The molecule has 0 radical (unpaired) electrons. The first-order chi connectivity index (χ1) is 8.74. The molecule has 0 unspecified atom stereocenters. The fraction of sp³-hybridized carbons (Fsp3) is 0.0714. The molecule has 3 N–H and O–H groups in total. The van der Waals surface area contributed by atoms with Gasteiger partial charge in [0.15, 0.2) is 5.75 Å². The van der Waals surface area contributed by atoms with Gasteiger partial charge in [0.05, 0.1) is 5.69 Å². The second-order valence-electron chi connectivity index (χ2n) is 4.14. The molecule has 0 bridgehead atoms. The minimum atomic E-state index is -0.443. The molecular weight excluding hydrogens is 228 g/mol. The van der Waals surface area contributed by atoms with Crippen molar-refractivity contribution in [1.29, 1.82) is 0 Å². The third-order valence-electron chi connectivity index (χ3n) is 2.93. The average molecular weight is 240 g/mol. The van der Waals surface area contributed by atoms with Gasteiger partial charge in [0.25, 0.3) is 0 Å². The van der Waals surface area contributed by atoms with Crippen LogP contribution < -0.4 is 15.8 Å². The maximum Gasteiger partial charge on any atom is 0.248 e. The Morgan fingerprint density at radius 3 is 2.83 bits per heavy atom. The van der Waals surface area contributed by atoms with Crippen molar-refractivity contribution in [3.8, 4) is 11.5 Å². The Hall–Kier alpha value is -2.49. The van der Waals surface area contributed by atoms with E-state index in [9.17, 15) is 4.79 Å². The SMILES string of the molecule is NC(=O)c1ccc2c(c1)NCc1ccccc1O2. The number of benzene rings is 2. The zero-order valence-electron chi connectivity index (χ0n) is 9.64. The highest BCUT2D eigenvalue weighted by molar-refractivity contribution is 5.94. The largest absolute Gasteiger partial charge is 0.455 e. The fourth-order valence-corrected chi connectivity index (χ4v) is 1.97. The van der Waals surface area contributed by atoms with Crippen molar-refractivity contribution >= 4 is 11.6 Å². The number of ether oxygens (including phenoxy) is 1. The Balaban J connectivity index is 2.04. The molecule has 4 nitrogen and oxygen atoms in total. The lowest BCUT2D eigenvalue weighted by Gasteiger charge is -2.08. The maximum atomic E-state index is 11.1. The lowest BCUT2D eigenvalue weighted by Crippen LogP contribution is -2.11. The van der Waals surface area contributed by atoms with Crippen LogP contribution in [0.1, 0.15) is 15.9 Å². The number of hydrogen-bond donors (Lipinski definition) is 2. The molecule has 1 heterocycles. The van der Waals surface area contributed by atoms with E-state index in [1.165, 1.54) is 0 Å². The quantitative estimate of drug-likeness (QED) is 0.805. The van der Waals surface area contributed by atoms with E-state index in [0.29, 0.717) is 17.9 Å². The van der Waals surface area contributed by atoms with E-state index >= 15 is 0 Å². The number of carbonyl (C=O) groups excluding carboxylic acids is 1. The first kappa shape index (κ1) is 10.7. The van der Waals surface area contributed by atoms with Crippen molar-refractivity contribution in [2.45, 2.75) is 6.54 Å². The van der Waals surface area contributed by atoms with Crippen molar-refractivity contribution in [1.82, 2.24) is 0 Å². The van der Waals surface area contributed by atoms with Crippen LogP contribution in [0.25, 0.3) is 0 Å². The number of para-hydroxylation sites is 1. The van der Waals surface area contributed by atoms with Gasteiger partial charge in [0.2, 0.25) is 5.91 Å². The maximum absolute atomic E-state index is 11.1. The molecule has 0 aliphatic carbocycles. The molecule has 0 aromatic heterocycles. The van der Waals surface area contributed by atoms with E-state index in [4.69, 9.17) is 10.5 Å². The van der Waals surface area contributed by atoms with Crippen molar-refractivity contribution in [3.05, 3.63) is 53.6 Å². The molecule has 4 heteroatoms. The number of amides is 1. The highest BCUT2D eigenvalue weighted by atomic mass is 16.5. The molecule has 0 atom stereocenters. The summed E-state index contributed by atoms with van der Waals surface area (Å²) in [4.78, 5) is 11.1. The van der Waals surface area contributed by atoms with Gasteiger partial charge in [-0.25, -0.2) is 0 Å².